The van der Waals surface area contributed by atoms with Crippen LogP contribution in [0, 0.1) is 13.8 Å². The van der Waals surface area contributed by atoms with Gasteiger partial charge < -0.3 is 9.73 Å². The molecule has 3 heteroatoms. The van der Waals surface area contributed by atoms with Gasteiger partial charge in [-0.05, 0) is 38.3 Å². The Bertz CT molecular complexity index is 598. The summed E-state index contributed by atoms with van der Waals surface area (Å²) in [6, 6.07) is 4.32. The number of carbonyl (C=O) groups is 1. The largest absolute Gasteiger partial charge is 0.464 e. The molecule has 19 heavy (non-hydrogen) atoms. The highest BCUT2D eigenvalue weighted by atomic mass is 16.3. The third-order valence-corrected chi connectivity index (χ3v) is 3.71. The van der Waals surface area contributed by atoms with Crippen LogP contribution in [0.1, 0.15) is 37.0 Å². The van der Waals surface area contributed by atoms with E-state index in [0.29, 0.717) is 6.42 Å². The minimum Gasteiger partial charge on any atom is -0.464 e. The van der Waals surface area contributed by atoms with Gasteiger partial charge in [-0.2, -0.15) is 0 Å². The highest BCUT2D eigenvalue weighted by Gasteiger charge is 2.13. The molecule has 0 saturated carbocycles. The number of carbonyl (C=O) groups excluding carboxylic acids is 1. The zero-order chi connectivity index (χ0) is 14.0. The van der Waals surface area contributed by atoms with Crippen molar-refractivity contribution in [3.8, 4) is 0 Å². The van der Waals surface area contributed by atoms with Crippen molar-refractivity contribution in [2.45, 2.75) is 46.6 Å². The fraction of sp³-hybridized carbons (Fsp3) is 0.438. The molecule has 0 aliphatic carbocycles. The van der Waals surface area contributed by atoms with E-state index in [2.05, 4.69) is 25.2 Å². The second-order valence-corrected chi connectivity index (χ2v) is 5.20. The lowest BCUT2D eigenvalue weighted by Crippen LogP contribution is -2.33. The Balaban J connectivity index is 2.22. The van der Waals surface area contributed by atoms with Gasteiger partial charge in [0.05, 0.1) is 12.7 Å². The molecule has 3 nitrogen and oxygen atoms in total. The van der Waals surface area contributed by atoms with Crippen LogP contribution in [0.4, 0.5) is 0 Å². The van der Waals surface area contributed by atoms with Crippen LogP contribution in [-0.4, -0.2) is 11.9 Å². The molecule has 0 aliphatic rings. The third-order valence-electron chi connectivity index (χ3n) is 3.71. The Labute approximate surface area is 114 Å². The van der Waals surface area contributed by atoms with E-state index in [9.17, 15) is 4.79 Å². The highest BCUT2D eigenvalue weighted by Crippen LogP contribution is 2.26. The molecule has 1 atom stereocenters. The number of rotatable bonds is 4. The van der Waals surface area contributed by atoms with Gasteiger partial charge in [0.1, 0.15) is 5.58 Å². The summed E-state index contributed by atoms with van der Waals surface area (Å²) in [6.07, 6.45) is 3.02. The molecule has 0 aliphatic heterocycles. The maximum absolute atomic E-state index is 11.9. The number of hydrogen-bond donors (Lipinski definition) is 1. The third kappa shape index (κ3) is 2.80. The monoisotopic (exact) mass is 259 g/mol. The fourth-order valence-electron chi connectivity index (χ4n) is 2.13. The normalized spacial score (nSPS) is 12.6. The molecule has 0 saturated heterocycles. The topological polar surface area (TPSA) is 42.2 Å². The summed E-state index contributed by atoms with van der Waals surface area (Å²) in [4.78, 5) is 11.9. The number of amides is 1. The molecule has 1 N–H and O–H groups in total. The molecule has 102 valence electrons. The van der Waals surface area contributed by atoms with Crippen LogP contribution in [-0.2, 0) is 11.2 Å². The standard InChI is InChI=1S/C16H21NO2/c1-5-11(3)17-15(18)8-13-9-19-16-12(4)10(2)6-7-14(13)16/h6-7,9,11H,5,8H2,1-4H3,(H,17,18)/t11-/m1/s1. The molecule has 0 bridgehead atoms. The van der Waals surface area contributed by atoms with Gasteiger partial charge in [0.15, 0.2) is 0 Å². The molecule has 0 radical (unpaired) electrons. The first-order valence-electron chi connectivity index (χ1n) is 6.78. The van der Waals surface area contributed by atoms with Gasteiger partial charge in [-0.15, -0.1) is 0 Å². The van der Waals surface area contributed by atoms with Crippen molar-refractivity contribution >= 4 is 16.9 Å². The van der Waals surface area contributed by atoms with Crippen LogP contribution in [0.15, 0.2) is 22.8 Å². The van der Waals surface area contributed by atoms with Gasteiger partial charge in [0.25, 0.3) is 0 Å². The van der Waals surface area contributed by atoms with E-state index in [4.69, 9.17) is 4.42 Å². The van der Waals surface area contributed by atoms with Crippen molar-refractivity contribution in [3.63, 3.8) is 0 Å². The average Bonchev–Trinajstić information content (AvgIpc) is 2.77. The van der Waals surface area contributed by atoms with E-state index in [-0.39, 0.29) is 11.9 Å². The van der Waals surface area contributed by atoms with Crippen molar-refractivity contribution in [2.24, 2.45) is 0 Å². The predicted octanol–water partition coefficient (Wildman–Crippen LogP) is 3.51. The molecule has 1 amide bonds. The first-order valence-corrected chi connectivity index (χ1v) is 6.78. The van der Waals surface area contributed by atoms with Gasteiger partial charge in [0.2, 0.25) is 5.91 Å². The van der Waals surface area contributed by atoms with E-state index < -0.39 is 0 Å². The average molecular weight is 259 g/mol. The number of fused-ring (bicyclic) bond motifs is 1. The van der Waals surface area contributed by atoms with Crippen molar-refractivity contribution < 1.29 is 9.21 Å². The number of benzene rings is 1. The van der Waals surface area contributed by atoms with E-state index in [0.717, 1.165) is 28.5 Å². The molecular weight excluding hydrogens is 238 g/mol. The van der Waals surface area contributed by atoms with Gasteiger partial charge in [-0.1, -0.05) is 19.1 Å². The van der Waals surface area contributed by atoms with Crippen molar-refractivity contribution in [3.05, 3.63) is 35.1 Å². The van der Waals surface area contributed by atoms with Gasteiger partial charge >= 0.3 is 0 Å². The Kier molecular flexibility index (Phi) is 3.93. The molecule has 0 unspecified atom stereocenters. The predicted molar refractivity (Wildman–Crippen MR) is 77.3 cm³/mol. The van der Waals surface area contributed by atoms with E-state index in [1.165, 1.54) is 5.56 Å². The minimum atomic E-state index is 0.0512. The second-order valence-electron chi connectivity index (χ2n) is 5.20. The summed E-state index contributed by atoms with van der Waals surface area (Å²) < 4.78 is 5.61. The quantitative estimate of drug-likeness (QED) is 0.913. The number of furan rings is 1. The minimum absolute atomic E-state index is 0.0512. The van der Waals surface area contributed by atoms with Crippen molar-refractivity contribution in [2.75, 3.05) is 0 Å². The summed E-state index contributed by atoms with van der Waals surface area (Å²) in [5.74, 6) is 0.0512. The molecule has 2 aromatic rings. The van der Waals surface area contributed by atoms with Crippen LogP contribution < -0.4 is 5.32 Å². The van der Waals surface area contributed by atoms with Crippen molar-refractivity contribution in [1.82, 2.24) is 5.32 Å². The molecule has 1 aromatic carbocycles. The fourth-order valence-corrected chi connectivity index (χ4v) is 2.13. The Morgan fingerprint density at radius 1 is 1.37 bits per heavy atom. The van der Waals surface area contributed by atoms with E-state index >= 15 is 0 Å². The van der Waals surface area contributed by atoms with Crippen LogP contribution in [0.3, 0.4) is 0 Å². The van der Waals surface area contributed by atoms with Crippen molar-refractivity contribution in [1.29, 1.82) is 0 Å². The number of nitrogens with one attached hydrogen (secondary N) is 1. The summed E-state index contributed by atoms with van der Waals surface area (Å²) in [5, 5.41) is 4.02. The van der Waals surface area contributed by atoms with Gasteiger partial charge in [-0.25, -0.2) is 0 Å². The number of hydrogen-bond acceptors (Lipinski definition) is 2. The van der Waals surface area contributed by atoms with Crippen LogP contribution >= 0.6 is 0 Å². The molecule has 2 rings (SSSR count). The first-order chi connectivity index (χ1) is 9.02. The lowest BCUT2D eigenvalue weighted by molar-refractivity contribution is -0.121. The summed E-state index contributed by atoms with van der Waals surface area (Å²) in [6.45, 7) is 8.18. The zero-order valence-corrected chi connectivity index (χ0v) is 12.0. The SMILES string of the molecule is CC[C@@H](C)NC(=O)Cc1coc2c(C)c(C)ccc12. The van der Waals surface area contributed by atoms with Gasteiger partial charge in [-0.3, -0.25) is 4.79 Å². The van der Waals surface area contributed by atoms with Crippen LogP contribution in [0.5, 0.6) is 0 Å². The molecule has 0 fully saturated rings. The lowest BCUT2D eigenvalue weighted by atomic mass is 10.0. The Hall–Kier alpha value is -1.77. The zero-order valence-electron chi connectivity index (χ0n) is 12.0. The Morgan fingerprint density at radius 2 is 2.11 bits per heavy atom. The summed E-state index contributed by atoms with van der Waals surface area (Å²) in [7, 11) is 0. The molecule has 1 heterocycles. The first kappa shape index (κ1) is 13.7. The maximum atomic E-state index is 11.9. The summed E-state index contributed by atoms with van der Waals surface area (Å²) >= 11 is 0. The molecule has 1 aromatic heterocycles. The maximum Gasteiger partial charge on any atom is 0.224 e. The van der Waals surface area contributed by atoms with Gasteiger partial charge in [0, 0.05) is 17.0 Å². The van der Waals surface area contributed by atoms with E-state index in [1.54, 1.807) is 6.26 Å². The lowest BCUT2D eigenvalue weighted by Gasteiger charge is -2.10. The smallest absolute Gasteiger partial charge is 0.224 e. The highest BCUT2D eigenvalue weighted by molar-refractivity contribution is 5.89. The van der Waals surface area contributed by atoms with E-state index in [1.807, 2.05) is 19.9 Å². The molecular formula is C16H21NO2. The summed E-state index contributed by atoms with van der Waals surface area (Å²) in [5.41, 5.74) is 4.20. The molecule has 0 spiro atoms. The second kappa shape index (κ2) is 5.47. The van der Waals surface area contributed by atoms with Crippen LogP contribution in [0.25, 0.3) is 11.0 Å². The van der Waals surface area contributed by atoms with Crippen LogP contribution in [0.2, 0.25) is 0 Å². The number of aryl methyl sites for hydroxylation is 2. The Morgan fingerprint density at radius 3 is 2.79 bits per heavy atom.